The summed E-state index contributed by atoms with van der Waals surface area (Å²) in [5, 5.41) is 7.41. The first kappa shape index (κ1) is 13.1. The van der Waals surface area contributed by atoms with Gasteiger partial charge in [0.2, 0.25) is 0 Å². The number of thiazole rings is 1. The van der Waals surface area contributed by atoms with E-state index in [1.807, 2.05) is 18.2 Å². The Labute approximate surface area is 122 Å². The number of aromatic nitrogens is 1. The van der Waals surface area contributed by atoms with Crippen LogP contribution in [0.3, 0.4) is 0 Å². The van der Waals surface area contributed by atoms with Gasteiger partial charge < -0.3 is 5.32 Å². The minimum Gasteiger partial charge on any atom is -0.314 e. The molecule has 1 aromatic heterocycles. The fourth-order valence-corrected chi connectivity index (χ4v) is 3.26. The van der Waals surface area contributed by atoms with E-state index in [1.165, 1.54) is 5.01 Å². The van der Waals surface area contributed by atoms with E-state index in [0.29, 0.717) is 0 Å². The minimum absolute atomic E-state index is 0.758. The van der Waals surface area contributed by atoms with Crippen LogP contribution in [0.15, 0.2) is 29.6 Å². The van der Waals surface area contributed by atoms with Crippen LogP contribution in [0.1, 0.15) is 5.01 Å². The first-order valence-corrected chi connectivity index (χ1v) is 7.70. The van der Waals surface area contributed by atoms with Crippen molar-refractivity contribution in [3.63, 3.8) is 0 Å². The molecule has 3 nitrogen and oxygen atoms in total. The Morgan fingerprint density at radius 3 is 2.95 bits per heavy atom. The molecular formula is C14H16ClN3S. The number of hydrogen-bond donors (Lipinski definition) is 1. The van der Waals surface area contributed by atoms with Crippen LogP contribution >= 0.6 is 22.9 Å². The summed E-state index contributed by atoms with van der Waals surface area (Å²) in [5.74, 6) is 0. The lowest BCUT2D eigenvalue weighted by atomic mass is 10.2. The number of benzene rings is 1. The number of nitrogens with zero attached hydrogens (tertiary/aromatic N) is 2. The topological polar surface area (TPSA) is 28.2 Å². The van der Waals surface area contributed by atoms with Crippen molar-refractivity contribution >= 4 is 22.9 Å². The van der Waals surface area contributed by atoms with Gasteiger partial charge in [-0.25, -0.2) is 4.98 Å². The predicted molar refractivity (Wildman–Crippen MR) is 80.7 cm³/mol. The molecule has 0 saturated carbocycles. The van der Waals surface area contributed by atoms with Crippen LogP contribution in [-0.2, 0) is 6.54 Å². The summed E-state index contributed by atoms with van der Waals surface area (Å²) in [6, 6.07) is 7.87. The molecule has 1 aliphatic rings. The summed E-state index contributed by atoms with van der Waals surface area (Å²) in [4.78, 5) is 7.16. The van der Waals surface area contributed by atoms with E-state index >= 15 is 0 Å². The number of nitrogens with one attached hydrogen (secondary N) is 1. The summed E-state index contributed by atoms with van der Waals surface area (Å²) in [6.45, 7) is 5.31. The van der Waals surface area contributed by atoms with Gasteiger partial charge in [-0.15, -0.1) is 11.3 Å². The van der Waals surface area contributed by atoms with Gasteiger partial charge in [-0.2, -0.15) is 0 Å². The second-order valence-electron chi connectivity index (χ2n) is 4.66. The van der Waals surface area contributed by atoms with Crippen LogP contribution in [-0.4, -0.2) is 36.1 Å². The normalized spacial score (nSPS) is 16.7. The average molecular weight is 294 g/mol. The molecule has 5 heteroatoms. The molecular weight excluding hydrogens is 278 g/mol. The highest BCUT2D eigenvalue weighted by atomic mass is 35.5. The predicted octanol–water partition coefficient (Wildman–Crippen LogP) is 2.87. The molecule has 1 fully saturated rings. The monoisotopic (exact) mass is 293 g/mol. The zero-order chi connectivity index (χ0) is 13.1. The Kier molecular flexibility index (Phi) is 4.13. The lowest BCUT2D eigenvalue weighted by Crippen LogP contribution is -2.42. The summed E-state index contributed by atoms with van der Waals surface area (Å²) < 4.78 is 0. The van der Waals surface area contributed by atoms with Gasteiger partial charge in [0.1, 0.15) is 5.01 Å². The van der Waals surface area contributed by atoms with Crippen molar-refractivity contribution in [2.75, 3.05) is 26.2 Å². The van der Waals surface area contributed by atoms with Crippen LogP contribution in [0.2, 0.25) is 5.02 Å². The minimum atomic E-state index is 0.758. The van der Waals surface area contributed by atoms with E-state index in [1.54, 1.807) is 11.3 Å². The van der Waals surface area contributed by atoms with Crippen molar-refractivity contribution in [2.45, 2.75) is 6.54 Å². The molecule has 1 N–H and O–H groups in total. The summed E-state index contributed by atoms with van der Waals surface area (Å²) in [7, 11) is 0. The van der Waals surface area contributed by atoms with Gasteiger partial charge in [-0.3, -0.25) is 4.90 Å². The second-order valence-corrected chi connectivity index (χ2v) is 6.04. The Bertz CT molecular complexity index is 549. The molecule has 2 heterocycles. The number of piperazine rings is 1. The van der Waals surface area contributed by atoms with Crippen LogP contribution in [0, 0.1) is 0 Å². The van der Waals surface area contributed by atoms with Crippen molar-refractivity contribution < 1.29 is 0 Å². The lowest BCUT2D eigenvalue weighted by Gasteiger charge is -2.26. The molecule has 0 bridgehead atoms. The van der Waals surface area contributed by atoms with Gasteiger partial charge in [0.25, 0.3) is 0 Å². The van der Waals surface area contributed by atoms with Crippen LogP contribution < -0.4 is 5.32 Å². The highest BCUT2D eigenvalue weighted by molar-refractivity contribution is 7.09. The first-order chi connectivity index (χ1) is 9.31. The summed E-state index contributed by atoms with van der Waals surface area (Å²) in [5.41, 5.74) is 2.12. The molecule has 0 amide bonds. The standard InChI is InChI=1S/C14H16ClN3S/c15-12-3-1-2-11(8-12)13-10-19-14(17-13)9-18-6-4-16-5-7-18/h1-3,8,10,16H,4-7,9H2. The van der Waals surface area contributed by atoms with Gasteiger partial charge in [0.05, 0.1) is 12.2 Å². The van der Waals surface area contributed by atoms with Gasteiger partial charge in [0.15, 0.2) is 0 Å². The largest absolute Gasteiger partial charge is 0.314 e. The van der Waals surface area contributed by atoms with Crippen molar-refractivity contribution in [3.8, 4) is 11.3 Å². The molecule has 100 valence electrons. The average Bonchev–Trinajstić information content (AvgIpc) is 2.88. The van der Waals surface area contributed by atoms with Crippen molar-refractivity contribution in [1.29, 1.82) is 0 Å². The van der Waals surface area contributed by atoms with Gasteiger partial charge in [-0.05, 0) is 12.1 Å². The number of rotatable bonds is 3. The van der Waals surface area contributed by atoms with E-state index in [9.17, 15) is 0 Å². The molecule has 1 saturated heterocycles. The lowest BCUT2D eigenvalue weighted by molar-refractivity contribution is 0.233. The Morgan fingerprint density at radius 1 is 1.32 bits per heavy atom. The van der Waals surface area contributed by atoms with Crippen LogP contribution in [0.25, 0.3) is 11.3 Å². The number of halogens is 1. The third-order valence-corrected chi connectivity index (χ3v) is 4.31. The summed E-state index contributed by atoms with van der Waals surface area (Å²) in [6.07, 6.45) is 0. The maximum atomic E-state index is 6.02. The zero-order valence-corrected chi connectivity index (χ0v) is 12.2. The molecule has 3 rings (SSSR count). The molecule has 0 aliphatic carbocycles. The summed E-state index contributed by atoms with van der Waals surface area (Å²) >= 11 is 7.75. The molecule has 0 atom stereocenters. The van der Waals surface area contributed by atoms with E-state index in [4.69, 9.17) is 16.6 Å². The molecule has 1 aliphatic heterocycles. The third-order valence-electron chi connectivity index (χ3n) is 3.24. The SMILES string of the molecule is Clc1cccc(-c2csc(CN3CCNCC3)n2)c1. The smallest absolute Gasteiger partial charge is 0.107 e. The molecule has 0 radical (unpaired) electrons. The molecule has 2 aromatic rings. The van der Waals surface area contributed by atoms with Gasteiger partial charge in [0, 0.05) is 42.1 Å². The van der Waals surface area contributed by atoms with Crippen LogP contribution in [0.4, 0.5) is 0 Å². The highest BCUT2D eigenvalue weighted by Crippen LogP contribution is 2.25. The first-order valence-electron chi connectivity index (χ1n) is 6.45. The van der Waals surface area contributed by atoms with Crippen molar-refractivity contribution in [2.24, 2.45) is 0 Å². The van der Waals surface area contributed by atoms with Crippen molar-refractivity contribution in [3.05, 3.63) is 39.7 Å². The Hall–Kier alpha value is -0.940. The van der Waals surface area contributed by atoms with E-state index in [-0.39, 0.29) is 0 Å². The fraction of sp³-hybridized carbons (Fsp3) is 0.357. The maximum Gasteiger partial charge on any atom is 0.107 e. The van der Waals surface area contributed by atoms with Crippen molar-refractivity contribution in [1.82, 2.24) is 15.2 Å². The zero-order valence-electron chi connectivity index (χ0n) is 10.6. The molecule has 0 unspecified atom stereocenters. The van der Waals surface area contributed by atoms with E-state index < -0.39 is 0 Å². The highest BCUT2D eigenvalue weighted by Gasteiger charge is 2.12. The fourth-order valence-electron chi connectivity index (χ4n) is 2.22. The van der Waals surface area contributed by atoms with E-state index in [2.05, 4.69) is 21.7 Å². The second kappa shape index (κ2) is 6.01. The molecule has 1 aromatic carbocycles. The Morgan fingerprint density at radius 2 is 2.16 bits per heavy atom. The third kappa shape index (κ3) is 3.34. The maximum absolute atomic E-state index is 6.02. The quantitative estimate of drug-likeness (QED) is 0.943. The Balaban J connectivity index is 1.72. The molecule has 0 spiro atoms. The number of hydrogen-bond acceptors (Lipinski definition) is 4. The van der Waals surface area contributed by atoms with Gasteiger partial charge in [-0.1, -0.05) is 23.7 Å². The van der Waals surface area contributed by atoms with Gasteiger partial charge >= 0.3 is 0 Å². The molecule has 19 heavy (non-hydrogen) atoms. The van der Waals surface area contributed by atoms with Crippen LogP contribution in [0.5, 0.6) is 0 Å². The van der Waals surface area contributed by atoms with E-state index in [0.717, 1.165) is 49.0 Å².